The molecule has 0 saturated carbocycles. The van der Waals surface area contributed by atoms with Crippen LogP contribution in [-0.2, 0) is 28.6 Å². The van der Waals surface area contributed by atoms with Crippen molar-refractivity contribution in [3.8, 4) is 0 Å². The van der Waals surface area contributed by atoms with Gasteiger partial charge in [-0.3, -0.25) is 9.59 Å². The summed E-state index contributed by atoms with van der Waals surface area (Å²) in [6.45, 7) is 4.58. The van der Waals surface area contributed by atoms with E-state index in [9.17, 15) is 19.5 Å². The number of ether oxygens (including phenoxy) is 3. The zero-order chi connectivity index (χ0) is 48.4. The first-order valence-electron chi connectivity index (χ1n) is 27.7. The molecule has 0 spiro atoms. The SMILES string of the molecule is CC/C=C/C/C=C/C/C=C/CCCCCCCCCCCCCC(=O)OC(COCCC(C(=O)[O-])[N+](C)(C)C)COC(=O)CCCCCCCCC/C=C/CCCCCCCCCCCC. The van der Waals surface area contributed by atoms with Crippen LogP contribution in [0.3, 0.4) is 0 Å². The summed E-state index contributed by atoms with van der Waals surface area (Å²) >= 11 is 0. The van der Waals surface area contributed by atoms with Gasteiger partial charge in [0.1, 0.15) is 12.6 Å². The molecule has 0 amide bonds. The van der Waals surface area contributed by atoms with Crippen molar-refractivity contribution >= 4 is 17.9 Å². The third-order valence-electron chi connectivity index (χ3n) is 12.4. The maximum Gasteiger partial charge on any atom is 0.306 e. The van der Waals surface area contributed by atoms with Crippen molar-refractivity contribution in [3.05, 3.63) is 48.6 Å². The van der Waals surface area contributed by atoms with Crippen LogP contribution in [0.4, 0.5) is 0 Å². The monoisotopic (exact) mass is 928 g/mol. The molecule has 0 bridgehead atoms. The van der Waals surface area contributed by atoms with E-state index in [0.29, 0.717) is 12.8 Å². The molecule has 0 N–H and O–H groups in total. The third-order valence-corrected chi connectivity index (χ3v) is 12.4. The van der Waals surface area contributed by atoms with Crippen LogP contribution in [0.2, 0.25) is 0 Å². The van der Waals surface area contributed by atoms with E-state index in [1.807, 2.05) is 21.1 Å². The molecule has 8 nitrogen and oxygen atoms in total. The highest BCUT2D eigenvalue weighted by Crippen LogP contribution is 2.16. The Morgan fingerprint density at radius 3 is 1.27 bits per heavy atom. The Balaban J connectivity index is 4.19. The van der Waals surface area contributed by atoms with Crippen molar-refractivity contribution in [1.29, 1.82) is 0 Å². The molecule has 0 aliphatic carbocycles. The molecular formula is C58H105NO7. The lowest BCUT2D eigenvalue weighted by Gasteiger charge is -2.34. The number of hydrogen-bond donors (Lipinski definition) is 0. The number of rotatable bonds is 50. The van der Waals surface area contributed by atoms with Gasteiger partial charge in [-0.2, -0.15) is 0 Å². The minimum absolute atomic E-state index is 0.0393. The number of carboxylic acids is 1. The third kappa shape index (κ3) is 46.4. The quantitative estimate of drug-likeness (QED) is 0.0259. The number of hydrogen-bond acceptors (Lipinski definition) is 7. The van der Waals surface area contributed by atoms with Crippen molar-refractivity contribution in [2.75, 3.05) is 41.0 Å². The second-order valence-electron chi connectivity index (χ2n) is 19.8. The summed E-state index contributed by atoms with van der Waals surface area (Å²) in [5.74, 6) is -1.73. The van der Waals surface area contributed by atoms with Crippen LogP contribution >= 0.6 is 0 Å². The van der Waals surface area contributed by atoms with E-state index >= 15 is 0 Å². The minimum Gasteiger partial charge on any atom is -0.544 e. The van der Waals surface area contributed by atoms with E-state index in [4.69, 9.17) is 14.2 Å². The number of esters is 2. The maximum atomic E-state index is 12.8. The van der Waals surface area contributed by atoms with Gasteiger partial charge in [-0.05, 0) is 70.6 Å². The predicted molar refractivity (Wildman–Crippen MR) is 277 cm³/mol. The summed E-state index contributed by atoms with van der Waals surface area (Å²) in [6, 6.07) is -0.728. The van der Waals surface area contributed by atoms with Gasteiger partial charge in [-0.1, -0.05) is 210 Å². The smallest absolute Gasteiger partial charge is 0.306 e. The molecule has 0 aromatic heterocycles. The summed E-state index contributed by atoms with van der Waals surface area (Å²) in [5.41, 5.74) is 0. The van der Waals surface area contributed by atoms with Crippen LogP contribution < -0.4 is 5.11 Å². The zero-order valence-electron chi connectivity index (χ0n) is 43.9. The summed E-state index contributed by atoms with van der Waals surface area (Å²) < 4.78 is 17.3. The molecule has 0 saturated heterocycles. The number of unbranched alkanes of at least 4 members (excludes halogenated alkanes) is 28. The highest BCUT2D eigenvalue weighted by atomic mass is 16.6. The van der Waals surface area contributed by atoms with Gasteiger partial charge in [0.15, 0.2) is 6.10 Å². The summed E-state index contributed by atoms with van der Waals surface area (Å²) in [7, 11) is 5.42. The molecule has 0 rings (SSSR count). The first kappa shape index (κ1) is 63.3. The zero-order valence-corrected chi connectivity index (χ0v) is 43.9. The molecule has 0 aromatic rings. The Morgan fingerprint density at radius 2 is 0.848 bits per heavy atom. The number of carbonyl (C=O) groups is 3. The lowest BCUT2D eigenvalue weighted by Crippen LogP contribution is -2.55. The number of aliphatic carboxylic acids is 1. The van der Waals surface area contributed by atoms with E-state index in [0.717, 1.165) is 57.8 Å². The van der Waals surface area contributed by atoms with E-state index in [-0.39, 0.29) is 42.7 Å². The minimum atomic E-state index is -1.12. The van der Waals surface area contributed by atoms with E-state index in [1.165, 1.54) is 161 Å². The number of nitrogens with zero attached hydrogens (tertiary/aromatic N) is 1. The lowest BCUT2D eigenvalue weighted by molar-refractivity contribution is -0.889. The normalized spacial score (nSPS) is 13.2. The average Bonchev–Trinajstić information content (AvgIpc) is 3.28. The second kappa shape index (κ2) is 48.7. The van der Waals surface area contributed by atoms with Crippen molar-refractivity contribution in [1.82, 2.24) is 0 Å². The van der Waals surface area contributed by atoms with Gasteiger partial charge in [0.05, 0.1) is 40.3 Å². The molecular weight excluding hydrogens is 823 g/mol. The topological polar surface area (TPSA) is 102 Å². The standard InChI is InChI=1S/C58H105NO7/c1-6-8-10-12-14-16-18-20-22-24-26-28-30-32-34-36-38-40-42-44-46-48-56(60)65-53-54(52-64-51-50-55(58(62)63)59(3,4)5)66-57(61)49-47-45-43-41-39-37-35-33-31-29-27-25-23-21-19-17-15-13-11-9-7-2/h9,11,15,17,21,23,28,30,54-55H,6-8,10,12-14,16,18-20,22,24-27,29,31-53H2,1-5H3/b11-9+,17-15+,23-21+,30-28+. The van der Waals surface area contributed by atoms with E-state index in [1.54, 1.807) is 0 Å². The number of quaternary nitrogens is 1. The van der Waals surface area contributed by atoms with Gasteiger partial charge in [-0.25, -0.2) is 0 Å². The second-order valence-corrected chi connectivity index (χ2v) is 19.8. The fourth-order valence-electron chi connectivity index (χ4n) is 8.20. The van der Waals surface area contributed by atoms with Crippen molar-refractivity contribution < 1.29 is 38.2 Å². The molecule has 0 aromatic carbocycles. The molecule has 0 radical (unpaired) electrons. The van der Waals surface area contributed by atoms with Gasteiger partial charge < -0.3 is 28.6 Å². The largest absolute Gasteiger partial charge is 0.544 e. The molecule has 2 unspecified atom stereocenters. The van der Waals surface area contributed by atoms with Crippen molar-refractivity contribution in [2.24, 2.45) is 0 Å². The first-order chi connectivity index (χ1) is 32.1. The Morgan fingerprint density at radius 1 is 0.470 bits per heavy atom. The predicted octanol–water partition coefficient (Wildman–Crippen LogP) is 15.0. The molecule has 0 aliphatic rings. The summed E-state index contributed by atoms with van der Waals surface area (Å²) in [6.07, 6.45) is 60.0. The van der Waals surface area contributed by atoms with Crippen LogP contribution in [0.15, 0.2) is 48.6 Å². The number of allylic oxidation sites excluding steroid dienone is 8. The summed E-state index contributed by atoms with van der Waals surface area (Å²) in [4.78, 5) is 37.1. The van der Waals surface area contributed by atoms with E-state index < -0.39 is 18.1 Å². The van der Waals surface area contributed by atoms with Crippen LogP contribution in [0.1, 0.15) is 251 Å². The molecule has 0 heterocycles. The number of likely N-dealkylation sites (N-methyl/N-ethyl adjacent to an activating group) is 1. The molecule has 384 valence electrons. The lowest BCUT2D eigenvalue weighted by atomic mass is 10.0. The highest BCUT2D eigenvalue weighted by molar-refractivity contribution is 5.70. The van der Waals surface area contributed by atoms with Crippen LogP contribution in [0.25, 0.3) is 0 Å². The fourth-order valence-corrected chi connectivity index (χ4v) is 8.20. The summed E-state index contributed by atoms with van der Waals surface area (Å²) in [5, 5.41) is 11.7. The van der Waals surface area contributed by atoms with Crippen molar-refractivity contribution in [3.63, 3.8) is 0 Å². The van der Waals surface area contributed by atoms with Gasteiger partial charge in [0.25, 0.3) is 0 Å². The average molecular weight is 928 g/mol. The highest BCUT2D eigenvalue weighted by Gasteiger charge is 2.25. The fraction of sp³-hybridized carbons (Fsp3) is 0.810. The molecule has 66 heavy (non-hydrogen) atoms. The van der Waals surface area contributed by atoms with Gasteiger partial charge in [0, 0.05) is 19.3 Å². The Bertz CT molecular complexity index is 1220. The van der Waals surface area contributed by atoms with E-state index in [2.05, 4.69) is 62.5 Å². The molecule has 0 aliphatic heterocycles. The molecule has 2 atom stereocenters. The van der Waals surface area contributed by atoms with Gasteiger partial charge in [-0.15, -0.1) is 0 Å². The maximum absolute atomic E-state index is 12.8. The number of carboxylic acid groups (broad SMARTS) is 1. The van der Waals surface area contributed by atoms with Crippen LogP contribution in [0, 0.1) is 0 Å². The number of carbonyl (C=O) groups excluding carboxylic acids is 3. The Hall–Kier alpha value is -2.71. The van der Waals surface area contributed by atoms with Crippen molar-refractivity contribution in [2.45, 2.75) is 264 Å². The van der Waals surface area contributed by atoms with Gasteiger partial charge in [0.2, 0.25) is 0 Å². The molecule has 8 heteroatoms. The van der Waals surface area contributed by atoms with Gasteiger partial charge >= 0.3 is 11.9 Å². The van der Waals surface area contributed by atoms with Crippen LogP contribution in [0.5, 0.6) is 0 Å². The van der Waals surface area contributed by atoms with Crippen LogP contribution in [-0.4, -0.2) is 75.5 Å². The molecule has 0 fully saturated rings. The Labute approximate surface area is 407 Å². The Kier molecular flexibility index (Phi) is 46.7. The first-order valence-corrected chi connectivity index (χ1v) is 27.7.